The van der Waals surface area contributed by atoms with E-state index in [0.717, 1.165) is 43.4 Å². The molecule has 2 aliphatic rings. The van der Waals surface area contributed by atoms with Gasteiger partial charge in [-0.05, 0) is 43.0 Å². The van der Waals surface area contributed by atoms with E-state index >= 15 is 0 Å². The lowest BCUT2D eigenvalue weighted by Crippen LogP contribution is -2.48. The molecule has 22 heavy (non-hydrogen) atoms. The monoisotopic (exact) mass is 322 g/mol. The molecule has 1 atom stereocenters. The van der Waals surface area contributed by atoms with Gasteiger partial charge in [-0.2, -0.15) is 0 Å². The van der Waals surface area contributed by atoms with Crippen molar-refractivity contribution in [2.45, 2.75) is 50.2 Å². The highest BCUT2D eigenvalue weighted by molar-refractivity contribution is 7.10. The molecule has 0 spiro atoms. The quantitative estimate of drug-likeness (QED) is 0.719. The van der Waals surface area contributed by atoms with Crippen LogP contribution in [0.5, 0.6) is 0 Å². The Morgan fingerprint density at radius 2 is 1.95 bits per heavy atom. The first-order valence-corrected chi connectivity index (χ1v) is 8.82. The van der Waals surface area contributed by atoms with Crippen molar-refractivity contribution in [2.24, 2.45) is 5.92 Å². The Labute approximate surface area is 134 Å². The first kappa shape index (κ1) is 15.5. The van der Waals surface area contributed by atoms with Gasteiger partial charge in [0.25, 0.3) is 0 Å². The molecule has 0 bridgehead atoms. The third-order valence-electron chi connectivity index (χ3n) is 4.62. The van der Waals surface area contributed by atoms with Crippen LogP contribution < -0.4 is 10.6 Å². The number of hydrogen-bond acceptors (Lipinski definition) is 4. The molecule has 0 aromatic carbocycles. The maximum atomic E-state index is 12.0. The minimum Gasteiger partial charge on any atom is -0.382 e. The summed E-state index contributed by atoms with van der Waals surface area (Å²) in [5.74, 6) is -1.07. The van der Waals surface area contributed by atoms with Gasteiger partial charge in [-0.3, -0.25) is 9.59 Å². The molecule has 5 nitrogen and oxygen atoms in total. The van der Waals surface area contributed by atoms with Crippen LogP contribution in [0.1, 0.15) is 43.4 Å². The summed E-state index contributed by atoms with van der Waals surface area (Å²) in [5, 5.41) is 18.2. The third kappa shape index (κ3) is 3.33. The molecule has 1 heterocycles. The fourth-order valence-electron chi connectivity index (χ4n) is 3.13. The SMILES string of the molecule is O=C(NCC(O)(c1cccs1)C1CC1)C(=O)NC1CCCC1. The van der Waals surface area contributed by atoms with Crippen molar-refractivity contribution in [1.29, 1.82) is 0 Å². The van der Waals surface area contributed by atoms with Crippen LogP contribution >= 0.6 is 11.3 Å². The number of aliphatic hydroxyl groups is 1. The zero-order chi connectivity index (χ0) is 15.6. The van der Waals surface area contributed by atoms with E-state index in [9.17, 15) is 14.7 Å². The molecule has 120 valence electrons. The Balaban J connectivity index is 1.55. The molecule has 0 saturated heterocycles. The van der Waals surface area contributed by atoms with Gasteiger partial charge >= 0.3 is 11.8 Å². The van der Waals surface area contributed by atoms with Crippen LogP contribution in [-0.4, -0.2) is 29.5 Å². The van der Waals surface area contributed by atoms with E-state index < -0.39 is 17.4 Å². The van der Waals surface area contributed by atoms with E-state index in [1.807, 2.05) is 17.5 Å². The predicted molar refractivity (Wildman–Crippen MR) is 84.3 cm³/mol. The summed E-state index contributed by atoms with van der Waals surface area (Å²) in [7, 11) is 0. The largest absolute Gasteiger partial charge is 0.382 e. The highest BCUT2D eigenvalue weighted by Crippen LogP contribution is 2.46. The smallest absolute Gasteiger partial charge is 0.309 e. The van der Waals surface area contributed by atoms with Gasteiger partial charge in [0, 0.05) is 10.9 Å². The normalized spacial score (nSPS) is 21.3. The molecule has 2 saturated carbocycles. The van der Waals surface area contributed by atoms with Crippen LogP contribution in [0, 0.1) is 5.92 Å². The number of carbonyl (C=O) groups excluding carboxylic acids is 2. The maximum Gasteiger partial charge on any atom is 0.309 e. The van der Waals surface area contributed by atoms with Crippen molar-refractivity contribution in [1.82, 2.24) is 10.6 Å². The van der Waals surface area contributed by atoms with Crippen LogP contribution in [0.25, 0.3) is 0 Å². The Morgan fingerprint density at radius 1 is 1.23 bits per heavy atom. The van der Waals surface area contributed by atoms with Crippen LogP contribution in [0.4, 0.5) is 0 Å². The van der Waals surface area contributed by atoms with Gasteiger partial charge in [-0.15, -0.1) is 11.3 Å². The van der Waals surface area contributed by atoms with Gasteiger partial charge in [0.15, 0.2) is 0 Å². The molecule has 3 N–H and O–H groups in total. The molecule has 2 aliphatic carbocycles. The molecule has 1 aromatic rings. The maximum absolute atomic E-state index is 12.0. The zero-order valence-electron chi connectivity index (χ0n) is 12.5. The van der Waals surface area contributed by atoms with E-state index in [0.29, 0.717) is 0 Å². The molecular formula is C16H22N2O3S. The van der Waals surface area contributed by atoms with Gasteiger partial charge in [-0.1, -0.05) is 18.9 Å². The highest BCUT2D eigenvalue weighted by Gasteiger charge is 2.46. The van der Waals surface area contributed by atoms with Gasteiger partial charge in [-0.25, -0.2) is 0 Å². The molecular weight excluding hydrogens is 300 g/mol. The van der Waals surface area contributed by atoms with E-state index in [-0.39, 0.29) is 18.5 Å². The second-order valence-corrected chi connectivity index (χ2v) is 7.26. The number of nitrogens with one attached hydrogen (secondary N) is 2. The summed E-state index contributed by atoms with van der Waals surface area (Å²) >= 11 is 1.48. The van der Waals surface area contributed by atoms with Crippen molar-refractivity contribution >= 4 is 23.2 Å². The topological polar surface area (TPSA) is 78.4 Å². The standard InChI is InChI=1S/C16H22N2O3S/c19-14(15(20)18-12-4-1-2-5-12)17-10-16(21,11-7-8-11)13-6-3-9-22-13/h3,6,9,11-12,21H,1-2,4-5,7-8,10H2,(H,17,19)(H,18,20). The Hall–Kier alpha value is -1.40. The van der Waals surface area contributed by atoms with Crippen LogP contribution in [0.3, 0.4) is 0 Å². The minimum atomic E-state index is -1.04. The first-order chi connectivity index (χ1) is 10.6. The Bertz CT molecular complexity index is 536. The summed E-state index contributed by atoms with van der Waals surface area (Å²) in [4.78, 5) is 24.7. The summed E-state index contributed by atoms with van der Waals surface area (Å²) in [6, 6.07) is 3.90. The van der Waals surface area contributed by atoms with E-state index in [1.54, 1.807) is 0 Å². The number of amides is 2. The molecule has 6 heteroatoms. The van der Waals surface area contributed by atoms with E-state index in [1.165, 1.54) is 11.3 Å². The molecule has 3 rings (SSSR count). The second kappa shape index (κ2) is 6.38. The Morgan fingerprint density at radius 3 is 2.55 bits per heavy atom. The van der Waals surface area contributed by atoms with Gasteiger partial charge in [0.1, 0.15) is 5.60 Å². The molecule has 0 aliphatic heterocycles. The average molecular weight is 322 g/mol. The molecule has 2 fully saturated rings. The molecule has 1 aromatic heterocycles. The number of rotatable bonds is 5. The average Bonchev–Trinajstić information content (AvgIpc) is 3.01. The summed E-state index contributed by atoms with van der Waals surface area (Å²) < 4.78 is 0. The zero-order valence-corrected chi connectivity index (χ0v) is 13.3. The fourth-order valence-corrected chi connectivity index (χ4v) is 4.04. The van der Waals surface area contributed by atoms with Crippen molar-refractivity contribution in [3.8, 4) is 0 Å². The fraction of sp³-hybridized carbons (Fsp3) is 0.625. The van der Waals surface area contributed by atoms with Crippen LogP contribution in [-0.2, 0) is 15.2 Å². The van der Waals surface area contributed by atoms with E-state index in [2.05, 4.69) is 10.6 Å². The van der Waals surface area contributed by atoms with Crippen molar-refractivity contribution in [3.05, 3.63) is 22.4 Å². The number of hydrogen-bond donors (Lipinski definition) is 3. The molecule has 2 amide bonds. The highest BCUT2D eigenvalue weighted by atomic mass is 32.1. The lowest BCUT2D eigenvalue weighted by molar-refractivity contribution is -0.140. The molecule has 0 radical (unpaired) electrons. The summed E-state index contributed by atoms with van der Waals surface area (Å²) in [6.07, 6.45) is 6.01. The van der Waals surface area contributed by atoms with Gasteiger partial charge < -0.3 is 15.7 Å². The van der Waals surface area contributed by atoms with Crippen LogP contribution in [0.2, 0.25) is 0 Å². The summed E-state index contributed by atoms with van der Waals surface area (Å²) in [6.45, 7) is 0.0924. The number of carbonyl (C=O) groups is 2. The summed E-state index contributed by atoms with van der Waals surface area (Å²) in [5.41, 5.74) is -1.04. The third-order valence-corrected chi connectivity index (χ3v) is 5.65. The second-order valence-electron chi connectivity index (χ2n) is 6.31. The van der Waals surface area contributed by atoms with E-state index in [4.69, 9.17) is 0 Å². The number of thiophene rings is 1. The van der Waals surface area contributed by atoms with Gasteiger partial charge in [0.2, 0.25) is 0 Å². The predicted octanol–water partition coefficient (Wildman–Crippen LogP) is 1.52. The molecule has 1 unspecified atom stereocenters. The van der Waals surface area contributed by atoms with Crippen molar-refractivity contribution < 1.29 is 14.7 Å². The van der Waals surface area contributed by atoms with Gasteiger partial charge in [0.05, 0.1) is 6.54 Å². The lowest BCUT2D eigenvalue weighted by atomic mass is 9.95. The Kier molecular flexibility index (Phi) is 4.49. The lowest BCUT2D eigenvalue weighted by Gasteiger charge is -2.27. The van der Waals surface area contributed by atoms with Crippen molar-refractivity contribution in [3.63, 3.8) is 0 Å². The van der Waals surface area contributed by atoms with Crippen LogP contribution in [0.15, 0.2) is 17.5 Å². The van der Waals surface area contributed by atoms with Crippen molar-refractivity contribution in [2.75, 3.05) is 6.54 Å². The first-order valence-electron chi connectivity index (χ1n) is 7.94. The minimum absolute atomic E-state index is 0.0924.